The molecule has 0 spiro atoms. The Kier molecular flexibility index (Phi) is 5.71. The highest BCUT2D eigenvalue weighted by Gasteiger charge is 2.36. The Bertz CT molecular complexity index is 1700. The molecule has 6 rings (SSSR count). The molecule has 39 heavy (non-hydrogen) atoms. The molecule has 3 aromatic carbocycles. The lowest BCUT2D eigenvalue weighted by molar-refractivity contribution is -0.136. The van der Waals surface area contributed by atoms with Gasteiger partial charge >= 0.3 is 6.18 Å². The van der Waals surface area contributed by atoms with E-state index < -0.39 is 17.6 Å². The molecule has 0 radical (unpaired) electrons. The Balaban J connectivity index is 1.36. The van der Waals surface area contributed by atoms with Crippen LogP contribution < -0.4 is 16.0 Å². The van der Waals surface area contributed by atoms with Gasteiger partial charge in [-0.25, -0.2) is 4.68 Å². The normalized spacial score (nSPS) is 14.6. The summed E-state index contributed by atoms with van der Waals surface area (Å²) in [5.74, 6) is -0.668. The third kappa shape index (κ3) is 4.31. The maximum atomic E-state index is 13.7. The number of carbonyl (C=O) groups is 2. The molecule has 0 atom stereocenters. The summed E-state index contributed by atoms with van der Waals surface area (Å²) in [6, 6.07) is 12.5. The number of rotatable bonds is 7. The van der Waals surface area contributed by atoms with E-state index in [1.54, 1.807) is 22.9 Å². The summed E-state index contributed by atoms with van der Waals surface area (Å²) in [5, 5.41) is 21.0. The summed E-state index contributed by atoms with van der Waals surface area (Å²) in [4.78, 5) is 25.7. The zero-order chi connectivity index (χ0) is 27.3. The number of nitrogens with zero attached hydrogens (tertiary/aromatic N) is 2. The number of anilines is 3. The summed E-state index contributed by atoms with van der Waals surface area (Å²) in [7, 11) is 0. The molecule has 8 nitrogen and oxygen atoms in total. The van der Waals surface area contributed by atoms with Gasteiger partial charge in [0.2, 0.25) is 0 Å². The van der Waals surface area contributed by atoms with E-state index in [1.165, 1.54) is 30.6 Å². The fourth-order valence-corrected chi connectivity index (χ4v) is 4.90. The molecule has 196 valence electrons. The second-order valence-corrected chi connectivity index (χ2v) is 9.33. The van der Waals surface area contributed by atoms with Crippen molar-refractivity contribution in [1.29, 1.82) is 5.41 Å². The number of hydrogen-bond donors (Lipinski definition) is 4. The first-order chi connectivity index (χ1) is 18.8. The van der Waals surface area contributed by atoms with Crippen LogP contribution in [-0.4, -0.2) is 27.8 Å². The maximum Gasteiger partial charge on any atom is 0.418 e. The molecular weight excluding hydrogens is 509 g/mol. The number of halogens is 3. The van der Waals surface area contributed by atoms with Crippen molar-refractivity contribution in [2.45, 2.75) is 24.9 Å². The van der Waals surface area contributed by atoms with E-state index >= 15 is 0 Å². The first kappa shape index (κ1) is 24.4. The SMILES string of the molecule is N=C/C=C\Nc1ccc(NC(=O)c2cnn(-c3ccc4c5c(cccc35)C(=O)N4)c2C2CC2)cc1C(F)(F)F. The number of benzene rings is 3. The van der Waals surface area contributed by atoms with Crippen molar-refractivity contribution < 1.29 is 22.8 Å². The molecule has 11 heteroatoms. The Labute approximate surface area is 220 Å². The van der Waals surface area contributed by atoms with Crippen molar-refractivity contribution in [3.63, 3.8) is 0 Å². The largest absolute Gasteiger partial charge is 0.418 e. The van der Waals surface area contributed by atoms with Gasteiger partial charge in [-0.15, -0.1) is 0 Å². The zero-order valence-electron chi connectivity index (χ0n) is 20.3. The van der Waals surface area contributed by atoms with E-state index in [4.69, 9.17) is 5.41 Å². The molecule has 1 fully saturated rings. The Morgan fingerprint density at radius 2 is 1.97 bits per heavy atom. The van der Waals surface area contributed by atoms with Gasteiger partial charge in [0, 0.05) is 46.0 Å². The van der Waals surface area contributed by atoms with Gasteiger partial charge in [-0.2, -0.15) is 18.3 Å². The van der Waals surface area contributed by atoms with E-state index in [1.807, 2.05) is 12.1 Å². The highest BCUT2D eigenvalue weighted by atomic mass is 19.4. The number of aromatic nitrogens is 2. The average Bonchev–Trinajstić information content (AvgIpc) is 3.57. The molecule has 4 N–H and O–H groups in total. The number of hydrogen-bond acceptors (Lipinski definition) is 5. The maximum absolute atomic E-state index is 13.7. The average molecular weight is 531 g/mol. The Morgan fingerprint density at radius 3 is 2.72 bits per heavy atom. The smallest absolute Gasteiger partial charge is 0.361 e. The van der Waals surface area contributed by atoms with Crippen LogP contribution in [0.1, 0.15) is 50.7 Å². The molecule has 0 saturated heterocycles. The summed E-state index contributed by atoms with van der Waals surface area (Å²) < 4.78 is 42.9. The topological polar surface area (TPSA) is 112 Å². The molecule has 2 heterocycles. The molecule has 1 aliphatic carbocycles. The summed E-state index contributed by atoms with van der Waals surface area (Å²) in [6.07, 6.45) is 1.88. The van der Waals surface area contributed by atoms with Gasteiger partial charge in [0.05, 0.1) is 34.4 Å². The quantitative estimate of drug-likeness (QED) is 0.210. The van der Waals surface area contributed by atoms with Gasteiger partial charge in [-0.05, 0) is 55.3 Å². The molecule has 1 aromatic heterocycles. The van der Waals surface area contributed by atoms with Gasteiger partial charge in [0.25, 0.3) is 11.8 Å². The van der Waals surface area contributed by atoms with Gasteiger partial charge in [-0.3, -0.25) is 9.59 Å². The van der Waals surface area contributed by atoms with Crippen LogP contribution in [0.4, 0.5) is 30.2 Å². The van der Waals surface area contributed by atoms with E-state index in [9.17, 15) is 22.8 Å². The molecular formula is C28H21F3N6O2. The Morgan fingerprint density at radius 1 is 1.15 bits per heavy atom. The number of nitrogens with one attached hydrogen (secondary N) is 4. The fourth-order valence-electron chi connectivity index (χ4n) is 4.90. The predicted molar refractivity (Wildman–Crippen MR) is 142 cm³/mol. The van der Waals surface area contributed by atoms with E-state index in [2.05, 4.69) is 21.0 Å². The molecule has 1 aliphatic heterocycles. The number of carbonyl (C=O) groups excluding carboxylic acids is 2. The number of alkyl halides is 3. The van der Waals surface area contributed by atoms with E-state index in [-0.39, 0.29) is 28.8 Å². The lowest BCUT2D eigenvalue weighted by Gasteiger charge is -2.15. The summed E-state index contributed by atoms with van der Waals surface area (Å²) in [5.41, 5.74) is 1.76. The van der Waals surface area contributed by atoms with E-state index in [0.29, 0.717) is 22.6 Å². The van der Waals surface area contributed by atoms with Crippen molar-refractivity contribution in [1.82, 2.24) is 9.78 Å². The first-order valence-electron chi connectivity index (χ1n) is 12.2. The fraction of sp³-hybridized carbons (Fsp3) is 0.143. The van der Waals surface area contributed by atoms with Gasteiger partial charge < -0.3 is 21.4 Å². The summed E-state index contributed by atoms with van der Waals surface area (Å²) >= 11 is 0. The molecule has 0 unspecified atom stereocenters. The first-order valence-corrected chi connectivity index (χ1v) is 12.2. The van der Waals surface area contributed by atoms with Crippen molar-refractivity contribution in [3.05, 3.63) is 89.4 Å². The Hall–Kier alpha value is -4.93. The van der Waals surface area contributed by atoms with Crippen LogP contribution in [0.25, 0.3) is 16.5 Å². The van der Waals surface area contributed by atoms with Crippen LogP contribution in [0.15, 0.2) is 67.0 Å². The standard InChI is InChI=1S/C28H21F3N6O2/c29-28(30,31)20-13-16(7-8-21(20)33-12-2-11-32)35-27(39)19-14-34-37(25(19)15-5-6-15)23-10-9-22-24-17(23)3-1-4-18(24)26(38)36-22/h1-4,7-15,32-33H,5-6H2,(H,35,39)(H,36,38)/b12-2-,32-11?. The van der Waals surface area contributed by atoms with Crippen molar-refractivity contribution in [2.75, 3.05) is 16.0 Å². The van der Waals surface area contributed by atoms with Crippen molar-refractivity contribution in [2.24, 2.45) is 0 Å². The van der Waals surface area contributed by atoms with Crippen LogP contribution in [0.5, 0.6) is 0 Å². The van der Waals surface area contributed by atoms with Crippen LogP contribution in [0.3, 0.4) is 0 Å². The van der Waals surface area contributed by atoms with Crippen LogP contribution in [0.2, 0.25) is 0 Å². The minimum atomic E-state index is -4.67. The van der Waals surface area contributed by atoms with Gasteiger partial charge in [0.1, 0.15) is 0 Å². The van der Waals surface area contributed by atoms with Gasteiger partial charge in [0.15, 0.2) is 0 Å². The van der Waals surface area contributed by atoms with E-state index in [0.717, 1.165) is 35.9 Å². The molecule has 0 bridgehead atoms. The second kappa shape index (κ2) is 9.12. The highest BCUT2D eigenvalue weighted by Crippen LogP contribution is 2.44. The van der Waals surface area contributed by atoms with Crippen LogP contribution in [0, 0.1) is 5.41 Å². The zero-order valence-corrected chi connectivity index (χ0v) is 20.3. The number of allylic oxidation sites excluding steroid dienone is 1. The third-order valence-corrected chi connectivity index (χ3v) is 6.77. The van der Waals surface area contributed by atoms with Gasteiger partial charge in [-0.1, -0.05) is 12.1 Å². The van der Waals surface area contributed by atoms with Crippen LogP contribution >= 0.6 is 0 Å². The molecule has 2 aliphatic rings. The molecule has 2 amide bonds. The lowest BCUT2D eigenvalue weighted by atomic mass is 10.0. The van der Waals surface area contributed by atoms with Crippen LogP contribution in [-0.2, 0) is 6.18 Å². The third-order valence-electron chi connectivity index (χ3n) is 6.77. The monoisotopic (exact) mass is 530 g/mol. The summed E-state index contributed by atoms with van der Waals surface area (Å²) in [6.45, 7) is 0. The minimum Gasteiger partial charge on any atom is -0.361 e. The minimum absolute atomic E-state index is 0.0154. The second-order valence-electron chi connectivity index (χ2n) is 9.33. The van der Waals surface area contributed by atoms with Crippen molar-refractivity contribution in [3.8, 4) is 5.69 Å². The molecule has 1 saturated carbocycles. The highest BCUT2D eigenvalue weighted by molar-refractivity contribution is 6.25. The lowest BCUT2D eigenvalue weighted by Crippen LogP contribution is -2.16. The number of amides is 2. The molecule has 4 aromatic rings. The van der Waals surface area contributed by atoms with Crippen molar-refractivity contribution >= 4 is 45.9 Å². The predicted octanol–water partition coefficient (Wildman–Crippen LogP) is 6.31.